The number of amides is 3. The highest BCUT2D eigenvalue weighted by atomic mass is 32.2. The van der Waals surface area contributed by atoms with Crippen LogP contribution in [0.1, 0.15) is 37.8 Å². The highest BCUT2D eigenvalue weighted by Gasteiger charge is 2.40. The summed E-state index contributed by atoms with van der Waals surface area (Å²) in [7, 11) is 0. The minimum absolute atomic E-state index is 0.224. The molecule has 3 amide bonds. The average molecular weight is 348 g/mol. The molecule has 1 N–H and O–H groups in total. The second kappa shape index (κ2) is 7.83. The van der Waals surface area contributed by atoms with Crippen molar-refractivity contribution in [1.82, 2.24) is 4.90 Å². The van der Waals surface area contributed by atoms with Crippen molar-refractivity contribution in [3.63, 3.8) is 0 Å². The van der Waals surface area contributed by atoms with Crippen LogP contribution < -0.4 is 5.32 Å². The molecule has 1 heterocycles. The van der Waals surface area contributed by atoms with Crippen molar-refractivity contribution in [1.29, 1.82) is 0 Å². The molecule has 2 rings (SSSR count). The zero-order chi connectivity index (χ0) is 17.9. The van der Waals surface area contributed by atoms with Gasteiger partial charge in [0.05, 0.1) is 10.5 Å². The van der Waals surface area contributed by atoms with E-state index in [2.05, 4.69) is 5.32 Å². The number of anilines is 1. The summed E-state index contributed by atoms with van der Waals surface area (Å²) in [5.74, 6) is -0.860. The van der Waals surface area contributed by atoms with Crippen LogP contribution in [0.2, 0.25) is 0 Å². The molecule has 1 fully saturated rings. The number of hydrogen-bond acceptors (Lipinski definition) is 4. The summed E-state index contributed by atoms with van der Waals surface area (Å²) >= 11 is 1.41. The van der Waals surface area contributed by atoms with E-state index in [1.165, 1.54) is 11.8 Å². The van der Waals surface area contributed by atoms with E-state index < -0.39 is 0 Å². The Hall–Kier alpha value is -1.82. The molecule has 0 spiro atoms. The fraction of sp³-hybridized carbons (Fsp3) is 0.500. The number of rotatable bonds is 5. The lowest BCUT2D eigenvalue weighted by molar-refractivity contribution is -0.147. The molecule has 1 aliphatic heterocycles. The summed E-state index contributed by atoms with van der Waals surface area (Å²) in [6.45, 7) is 7.52. The summed E-state index contributed by atoms with van der Waals surface area (Å²) in [4.78, 5) is 38.3. The molecule has 0 radical (unpaired) electrons. The van der Waals surface area contributed by atoms with Gasteiger partial charge >= 0.3 is 0 Å². The van der Waals surface area contributed by atoms with Crippen LogP contribution in [0, 0.1) is 13.8 Å². The molecule has 0 bridgehead atoms. The van der Waals surface area contributed by atoms with Crippen LogP contribution in [0.25, 0.3) is 0 Å². The first-order valence-electron chi connectivity index (χ1n) is 8.25. The van der Waals surface area contributed by atoms with E-state index in [0.29, 0.717) is 18.5 Å². The SMILES string of the molecule is CC[C@@H]1S[C@@H](CC)C(=O)N(CC(=O)Nc2ccc(C)cc2C)C1=O. The Morgan fingerprint density at radius 3 is 2.21 bits per heavy atom. The molecule has 1 saturated heterocycles. The maximum atomic E-state index is 12.4. The normalized spacial score (nSPS) is 21.1. The minimum Gasteiger partial charge on any atom is -0.324 e. The van der Waals surface area contributed by atoms with Gasteiger partial charge in [0, 0.05) is 5.69 Å². The molecular formula is C18H24N2O3S. The molecule has 0 aromatic heterocycles. The minimum atomic E-state index is -0.347. The Morgan fingerprint density at radius 1 is 1.12 bits per heavy atom. The molecule has 130 valence electrons. The fourth-order valence-electron chi connectivity index (χ4n) is 2.76. The van der Waals surface area contributed by atoms with Crippen LogP contribution in [-0.2, 0) is 14.4 Å². The number of aryl methyl sites for hydroxylation is 2. The van der Waals surface area contributed by atoms with E-state index in [1.807, 2.05) is 45.9 Å². The van der Waals surface area contributed by atoms with Gasteiger partial charge in [-0.05, 0) is 38.3 Å². The topological polar surface area (TPSA) is 66.5 Å². The number of nitrogens with one attached hydrogen (secondary N) is 1. The maximum Gasteiger partial charge on any atom is 0.244 e. The third-order valence-corrected chi connectivity index (χ3v) is 5.84. The van der Waals surface area contributed by atoms with Crippen molar-refractivity contribution in [2.75, 3.05) is 11.9 Å². The summed E-state index contributed by atoms with van der Waals surface area (Å²) in [6.07, 6.45) is 1.31. The predicted molar refractivity (Wildman–Crippen MR) is 97.0 cm³/mol. The zero-order valence-electron chi connectivity index (χ0n) is 14.6. The van der Waals surface area contributed by atoms with Crippen LogP contribution in [0.5, 0.6) is 0 Å². The predicted octanol–water partition coefficient (Wildman–Crippen LogP) is 2.90. The number of carbonyl (C=O) groups is 3. The molecule has 5 nitrogen and oxygen atoms in total. The van der Waals surface area contributed by atoms with Gasteiger partial charge in [-0.25, -0.2) is 0 Å². The third-order valence-electron chi connectivity index (χ3n) is 4.11. The number of hydrogen-bond donors (Lipinski definition) is 1. The van der Waals surface area contributed by atoms with E-state index in [9.17, 15) is 14.4 Å². The molecule has 0 saturated carbocycles. The van der Waals surface area contributed by atoms with E-state index in [4.69, 9.17) is 0 Å². The summed E-state index contributed by atoms with van der Waals surface area (Å²) < 4.78 is 0. The van der Waals surface area contributed by atoms with Crippen LogP contribution >= 0.6 is 11.8 Å². The molecule has 1 aliphatic rings. The van der Waals surface area contributed by atoms with Crippen LogP contribution in [-0.4, -0.2) is 39.7 Å². The monoisotopic (exact) mass is 348 g/mol. The Labute approximate surface area is 147 Å². The number of imide groups is 1. The van der Waals surface area contributed by atoms with E-state index >= 15 is 0 Å². The molecular weight excluding hydrogens is 324 g/mol. The van der Waals surface area contributed by atoms with Crippen LogP contribution in [0.4, 0.5) is 5.69 Å². The van der Waals surface area contributed by atoms with Gasteiger partial charge < -0.3 is 5.32 Å². The quantitative estimate of drug-likeness (QED) is 0.831. The van der Waals surface area contributed by atoms with Crippen molar-refractivity contribution >= 4 is 35.2 Å². The van der Waals surface area contributed by atoms with E-state index in [-0.39, 0.29) is 34.8 Å². The lowest BCUT2D eigenvalue weighted by Crippen LogP contribution is -2.53. The highest BCUT2D eigenvalue weighted by Crippen LogP contribution is 2.31. The van der Waals surface area contributed by atoms with Gasteiger partial charge in [-0.15, -0.1) is 11.8 Å². The van der Waals surface area contributed by atoms with Gasteiger partial charge in [-0.2, -0.15) is 0 Å². The maximum absolute atomic E-state index is 12.4. The molecule has 1 aromatic carbocycles. The lowest BCUT2D eigenvalue weighted by Gasteiger charge is -2.34. The summed E-state index contributed by atoms with van der Waals surface area (Å²) in [5.41, 5.74) is 2.77. The van der Waals surface area contributed by atoms with Crippen LogP contribution in [0.15, 0.2) is 18.2 Å². The molecule has 1 aromatic rings. The summed E-state index contributed by atoms with van der Waals surface area (Å²) in [5, 5.41) is 2.30. The highest BCUT2D eigenvalue weighted by molar-refractivity contribution is 8.02. The van der Waals surface area contributed by atoms with Crippen molar-refractivity contribution in [3.05, 3.63) is 29.3 Å². The number of nitrogens with zero attached hydrogens (tertiary/aromatic N) is 1. The Morgan fingerprint density at radius 2 is 1.71 bits per heavy atom. The Balaban J connectivity index is 2.10. The van der Waals surface area contributed by atoms with Gasteiger partial charge in [0.1, 0.15) is 6.54 Å². The standard InChI is InChI=1S/C18H24N2O3S/c1-5-14-17(22)20(18(23)15(6-2)24-14)10-16(21)19-13-8-7-11(3)9-12(13)4/h7-9,14-15H,5-6,10H2,1-4H3,(H,19,21)/t14-,15-/m0/s1. The smallest absolute Gasteiger partial charge is 0.244 e. The van der Waals surface area contributed by atoms with Crippen LogP contribution in [0.3, 0.4) is 0 Å². The molecule has 0 aliphatic carbocycles. The molecule has 24 heavy (non-hydrogen) atoms. The van der Waals surface area contributed by atoms with Gasteiger partial charge in [0.2, 0.25) is 17.7 Å². The van der Waals surface area contributed by atoms with Gasteiger partial charge in [0.25, 0.3) is 0 Å². The number of thioether (sulfide) groups is 1. The Kier molecular flexibility index (Phi) is 6.04. The third kappa shape index (κ3) is 3.98. The summed E-state index contributed by atoms with van der Waals surface area (Å²) in [6, 6.07) is 5.72. The first-order valence-corrected chi connectivity index (χ1v) is 9.19. The number of carbonyl (C=O) groups excluding carboxylic acids is 3. The van der Waals surface area contributed by atoms with Crippen molar-refractivity contribution < 1.29 is 14.4 Å². The molecule has 6 heteroatoms. The van der Waals surface area contributed by atoms with Crippen molar-refractivity contribution in [2.24, 2.45) is 0 Å². The average Bonchev–Trinajstić information content (AvgIpc) is 2.54. The Bertz CT molecular complexity index is 638. The van der Waals surface area contributed by atoms with Crippen molar-refractivity contribution in [3.8, 4) is 0 Å². The van der Waals surface area contributed by atoms with Crippen molar-refractivity contribution in [2.45, 2.75) is 51.0 Å². The molecule has 2 atom stereocenters. The lowest BCUT2D eigenvalue weighted by atomic mass is 10.1. The zero-order valence-corrected chi connectivity index (χ0v) is 15.4. The van der Waals surface area contributed by atoms with E-state index in [1.54, 1.807) is 0 Å². The van der Waals surface area contributed by atoms with Gasteiger partial charge in [-0.1, -0.05) is 31.5 Å². The fourth-order valence-corrected chi connectivity index (χ4v) is 4.02. The largest absolute Gasteiger partial charge is 0.324 e. The van der Waals surface area contributed by atoms with Gasteiger partial charge in [0.15, 0.2) is 0 Å². The number of benzene rings is 1. The first kappa shape index (κ1) is 18.5. The second-order valence-corrected chi connectivity index (χ2v) is 7.47. The second-order valence-electron chi connectivity index (χ2n) is 6.06. The van der Waals surface area contributed by atoms with Gasteiger partial charge in [-0.3, -0.25) is 19.3 Å². The van der Waals surface area contributed by atoms with E-state index in [0.717, 1.165) is 16.0 Å². The molecule has 0 unspecified atom stereocenters. The first-order chi connectivity index (χ1) is 11.4.